The van der Waals surface area contributed by atoms with Gasteiger partial charge in [-0.1, -0.05) is 18.2 Å². The number of hydrogen-bond donors (Lipinski definition) is 1. The second kappa shape index (κ2) is 7.39. The first-order chi connectivity index (χ1) is 13.5. The SMILES string of the molecule is CC(=O)c1ccc(N2CCN(C(=O)c3[nH]c4ccccc4c3Br)CC2)c(F)c1. The van der Waals surface area contributed by atoms with E-state index in [9.17, 15) is 14.0 Å². The largest absolute Gasteiger partial charge is 0.366 e. The fourth-order valence-electron chi connectivity index (χ4n) is 3.55. The van der Waals surface area contributed by atoms with Gasteiger partial charge < -0.3 is 14.8 Å². The van der Waals surface area contributed by atoms with Gasteiger partial charge in [0.15, 0.2) is 5.78 Å². The first-order valence-corrected chi connectivity index (χ1v) is 9.86. The summed E-state index contributed by atoms with van der Waals surface area (Å²) in [5, 5.41) is 0.970. The molecule has 1 N–H and O–H groups in total. The number of para-hydroxylation sites is 1. The topological polar surface area (TPSA) is 56.4 Å². The summed E-state index contributed by atoms with van der Waals surface area (Å²) in [5.41, 5.74) is 2.26. The van der Waals surface area contributed by atoms with Crippen LogP contribution >= 0.6 is 15.9 Å². The van der Waals surface area contributed by atoms with E-state index in [0.29, 0.717) is 43.1 Å². The molecule has 1 fully saturated rings. The van der Waals surface area contributed by atoms with E-state index in [4.69, 9.17) is 0 Å². The third-order valence-electron chi connectivity index (χ3n) is 5.12. The van der Waals surface area contributed by atoms with Crippen LogP contribution in [0.4, 0.5) is 10.1 Å². The number of carbonyl (C=O) groups is 2. The summed E-state index contributed by atoms with van der Waals surface area (Å²) >= 11 is 3.53. The average Bonchev–Trinajstić information content (AvgIpc) is 3.04. The van der Waals surface area contributed by atoms with E-state index in [0.717, 1.165) is 15.4 Å². The van der Waals surface area contributed by atoms with Crippen molar-refractivity contribution in [2.24, 2.45) is 0 Å². The van der Waals surface area contributed by atoms with E-state index >= 15 is 0 Å². The van der Waals surface area contributed by atoms with Crippen LogP contribution in [-0.4, -0.2) is 47.8 Å². The molecule has 0 saturated carbocycles. The molecule has 28 heavy (non-hydrogen) atoms. The number of rotatable bonds is 3. The number of fused-ring (bicyclic) bond motifs is 1. The summed E-state index contributed by atoms with van der Waals surface area (Å²) in [5.74, 6) is -0.647. The number of aromatic nitrogens is 1. The zero-order valence-electron chi connectivity index (χ0n) is 15.3. The lowest BCUT2D eigenvalue weighted by atomic mass is 10.1. The molecular formula is C21H19BrFN3O2. The maximum atomic E-state index is 14.4. The Morgan fingerprint density at radius 2 is 1.79 bits per heavy atom. The monoisotopic (exact) mass is 443 g/mol. The Hall–Kier alpha value is -2.67. The number of amides is 1. The minimum Gasteiger partial charge on any atom is -0.366 e. The number of hydrogen-bond acceptors (Lipinski definition) is 3. The molecule has 5 nitrogen and oxygen atoms in total. The number of piperazine rings is 1. The molecule has 7 heteroatoms. The van der Waals surface area contributed by atoms with Crippen molar-refractivity contribution in [3.05, 3.63) is 64.0 Å². The van der Waals surface area contributed by atoms with Crippen LogP contribution < -0.4 is 4.90 Å². The van der Waals surface area contributed by atoms with Crippen molar-refractivity contribution >= 4 is 44.2 Å². The van der Waals surface area contributed by atoms with Gasteiger partial charge in [-0.25, -0.2) is 4.39 Å². The molecule has 1 aromatic heterocycles. The highest BCUT2D eigenvalue weighted by Gasteiger charge is 2.26. The molecule has 2 aromatic carbocycles. The summed E-state index contributed by atoms with van der Waals surface area (Å²) < 4.78 is 15.2. The molecule has 144 valence electrons. The lowest BCUT2D eigenvalue weighted by molar-refractivity contribution is 0.0740. The fraction of sp³-hybridized carbons (Fsp3) is 0.238. The minimum absolute atomic E-state index is 0.0740. The van der Waals surface area contributed by atoms with Gasteiger partial charge in [-0.2, -0.15) is 0 Å². The molecule has 0 spiro atoms. The van der Waals surface area contributed by atoms with Crippen molar-refractivity contribution in [2.75, 3.05) is 31.1 Å². The molecule has 0 unspecified atom stereocenters. The van der Waals surface area contributed by atoms with Crippen molar-refractivity contribution in [3.8, 4) is 0 Å². The Bertz CT molecular complexity index is 1070. The van der Waals surface area contributed by atoms with E-state index in [1.165, 1.54) is 13.0 Å². The number of halogens is 2. The number of anilines is 1. The molecule has 4 rings (SSSR count). The highest BCUT2D eigenvalue weighted by Crippen LogP contribution is 2.29. The minimum atomic E-state index is -0.411. The van der Waals surface area contributed by atoms with E-state index < -0.39 is 5.82 Å². The van der Waals surface area contributed by atoms with Gasteiger partial charge in [0.25, 0.3) is 5.91 Å². The number of carbonyl (C=O) groups excluding carboxylic acids is 2. The predicted octanol–water partition coefficient (Wildman–Crippen LogP) is 4.23. The molecular weight excluding hydrogens is 425 g/mol. The Morgan fingerprint density at radius 1 is 1.07 bits per heavy atom. The predicted molar refractivity (Wildman–Crippen MR) is 111 cm³/mol. The van der Waals surface area contributed by atoms with Crippen LogP contribution in [0.15, 0.2) is 46.9 Å². The molecule has 1 aliphatic rings. The van der Waals surface area contributed by atoms with Crippen LogP contribution in [0.1, 0.15) is 27.8 Å². The van der Waals surface area contributed by atoms with Crippen molar-refractivity contribution < 1.29 is 14.0 Å². The highest BCUT2D eigenvalue weighted by atomic mass is 79.9. The maximum Gasteiger partial charge on any atom is 0.271 e. The third-order valence-corrected chi connectivity index (χ3v) is 5.94. The number of nitrogens with one attached hydrogen (secondary N) is 1. The number of benzene rings is 2. The number of Topliss-reactive ketones (excluding diaryl/α,β-unsaturated/α-hetero) is 1. The van der Waals surface area contributed by atoms with Crippen LogP contribution in [0.3, 0.4) is 0 Å². The van der Waals surface area contributed by atoms with Gasteiger partial charge in [0.05, 0.1) is 10.2 Å². The number of nitrogens with zero attached hydrogens (tertiary/aromatic N) is 2. The summed E-state index contributed by atoms with van der Waals surface area (Å²) in [6, 6.07) is 12.3. The van der Waals surface area contributed by atoms with Crippen molar-refractivity contribution in [1.29, 1.82) is 0 Å². The first kappa shape index (κ1) is 18.7. The highest BCUT2D eigenvalue weighted by molar-refractivity contribution is 9.10. The van der Waals surface area contributed by atoms with Crippen LogP contribution in [-0.2, 0) is 0 Å². The van der Waals surface area contributed by atoms with Gasteiger partial charge in [-0.05, 0) is 47.1 Å². The normalized spacial score (nSPS) is 14.5. The second-order valence-corrected chi connectivity index (χ2v) is 7.65. The fourth-order valence-corrected chi connectivity index (χ4v) is 4.16. The van der Waals surface area contributed by atoms with Crippen LogP contribution in [0.2, 0.25) is 0 Å². The number of ketones is 1. The smallest absolute Gasteiger partial charge is 0.271 e. The molecule has 1 aliphatic heterocycles. The van der Waals surface area contributed by atoms with E-state index in [2.05, 4.69) is 20.9 Å². The van der Waals surface area contributed by atoms with Crippen LogP contribution in [0, 0.1) is 5.82 Å². The third kappa shape index (κ3) is 3.30. The summed E-state index contributed by atoms with van der Waals surface area (Å²) in [4.78, 5) is 31.2. The molecule has 0 aliphatic carbocycles. The van der Waals surface area contributed by atoms with E-state index in [1.54, 1.807) is 17.0 Å². The summed E-state index contributed by atoms with van der Waals surface area (Å²) in [6.45, 7) is 3.46. The molecule has 0 radical (unpaired) electrons. The van der Waals surface area contributed by atoms with Crippen molar-refractivity contribution in [1.82, 2.24) is 9.88 Å². The van der Waals surface area contributed by atoms with Gasteiger partial charge in [0, 0.05) is 42.6 Å². The molecule has 1 amide bonds. The van der Waals surface area contributed by atoms with Gasteiger partial charge in [-0.15, -0.1) is 0 Å². The molecule has 0 atom stereocenters. The lowest BCUT2D eigenvalue weighted by Gasteiger charge is -2.36. The molecule has 1 saturated heterocycles. The van der Waals surface area contributed by atoms with Crippen LogP contribution in [0.25, 0.3) is 10.9 Å². The quantitative estimate of drug-likeness (QED) is 0.616. The molecule has 2 heterocycles. The maximum absolute atomic E-state index is 14.4. The van der Waals surface area contributed by atoms with Crippen LogP contribution in [0.5, 0.6) is 0 Å². The van der Waals surface area contributed by atoms with E-state index in [1.807, 2.05) is 29.2 Å². The van der Waals surface area contributed by atoms with Gasteiger partial charge in [-0.3, -0.25) is 9.59 Å². The number of aromatic amines is 1. The zero-order chi connectivity index (χ0) is 19.8. The Labute approximate surface area is 170 Å². The van der Waals surface area contributed by atoms with Crippen molar-refractivity contribution in [2.45, 2.75) is 6.92 Å². The van der Waals surface area contributed by atoms with Crippen molar-refractivity contribution in [3.63, 3.8) is 0 Å². The average molecular weight is 444 g/mol. The molecule has 0 bridgehead atoms. The second-order valence-electron chi connectivity index (χ2n) is 6.86. The number of H-pyrrole nitrogens is 1. The standard InChI is InChI=1S/C21H19BrFN3O2/c1-13(27)14-6-7-18(16(23)12-14)25-8-10-26(11-9-25)21(28)20-19(22)15-4-2-3-5-17(15)24-20/h2-7,12,24H,8-11H2,1H3. The Kier molecular flexibility index (Phi) is 4.93. The molecule has 3 aromatic rings. The first-order valence-electron chi connectivity index (χ1n) is 9.06. The summed E-state index contributed by atoms with van der Waals surface area (Å²) in [7, 11) is 0. The van der Waals surface area contributed by atoms with Gasteiger partial charge in [0.1, 0.15) is 11.5 Å². The van der Waals surface area contributed by atoms with E-state index in [-0.39, 0.29) is 11.7 Å². The zero-order valence-corrected chi connectivity index (χ0v) is 16.9. The van der Waals surface area contributed by atoms with Gasteiger partial charge >= 0.3 is 0 Å². The summed E-state index contributed by atoms with van der Waals surface area (Å²) in [6.07, 6.45) is 0. The lowest BCUT2D eigenvalue weighted by Crippen LogP contribution is -2.49. The van der Waals surface area contributed by atoms with Gasteiger partial charge in [0.2, 0.25) is 0 Å². The Morgan fingerprint density at radius 3 is 2.43 bits per heavy atom. The Balaban J connectivity index is 1.48.